The molecule has 0 atom stereocenters. The fraction of sp³-hybridized carbons (Fsp3) is 0.125. The van der Waals surface area contributed by atoms with Crippen LogP contribution in [0.3, 0.4) is 0 Å². The number of nitrogens with zero attached hydrogens (tertiary/aromatic N) is 2. The van der Waals surface area contributed by atoms with Crippen molar-refractivity contribution in [1.29, 1.82) is 0 Å². The molecule has 3 heteroatoms. The fourth-order valence-corrected chi connectivity index (χ4v) is 2.35. The van der Waals surface area contributed by atoms with E-state index in [1.165, 1.54) is 16.3 Å². The van der Waals surface area contributed by atoms with Crippen molar-refractivity contribution in [2.75, 3.05) is 0 Å². The Morgan fingerprint density at radius 3 is 2.47 bits per heavy atom. The highest BCUT2D eigenvalue weighted by Gasteiger charge is 2.02. The van der Waals surface area contributed by atoms with Crippen LogP contribution in [0.1, 0.15) is 11.3 Å². The minimum Gasteiger partial charge on any atom is -0.154 e. The van der Waals surface area contributed by atoms with Crippen LogP contribution in [0.15, 0.2) is 54.6 Å². The third kappa shape index (κ3) is 2.74. The van der Waals surface area contributed by atoms with Crippen molar-refractivity contribution < 1.29 is 0 Å². The predicted molar refractivity (Wildman–Crippen MR) is 78.4 cm³/mol. The number of fused-ring (bicyclic) bond motifs is 1. The summed E-state index contributed by atoms with van der Waals surface area (Å²) < 4.78 is 0. The molecule has 0 bridgehead atoms. The van der Waals surface area contributed by atoms with Gasteiger partial charge in [0, 0.05) is 0 Å². The summed E-state index contributed by atoms with van der Waals surface area (Å²) in [5.41, 5.74) is 2.31. The third-order valence-corrected chi connectivity index (χ3v) is 3.42. The predicted octanol–water partition coefficient (Wildman–Crippen LogP) is 4.07. The number of aryl methyl sites for hydroxylation is 2. The standard InChI is InChI=1S/C16H13ClN2/c17-16-11-10-14(18-19-16)9-8-13-6-3-5-12-4-1-2-7-15(12)13/h1-7,10-11H,8-9H2. The van der Waals surface area contributed by atoms with Crippen molar-refractivity contribution in [2.45, 2.75) is 12.8 Å². The largest absolute Gasteiger partial charge is 0.154 e. The first-order valence-corrected chi connectivity index (χ1v) is 6.65. The number of aromatic nitrogens is 2. The van der Waals surface area contributed by atoms with E-state index in [0.29, 0.717) is 5.15 Å². The molecule has 0 N–H and O–H groups in total. The van der Waals surface area contributed by atoms with E-state index in [1.807, 2.05) is 6.07 Å². The van der Waals surface area contributed by atoms with Crippen LogP contribution in [-0.4, -0.2) is 10.2 Å². The highest BCUT2D eigenvalue weighted by atomic mass is 35.5. The van der Waals surface area contributed by atoms with Crippen LogP contribution < -0.4 is 0 Å². The second-order valence-electron chi connectivity index (χ2n) is 4.49. The van der Waals surface area contributed by atoms with Gasteiger partial charge in [-0.3, -0.25) is 0 Å². The van der Waals surface area contributed by atoms with Gasteiger partial charge in [0.05, 0.1) is 5.69 Å². The molecule has 0 radical (unpaired) electrons. The number of benzene rings is 2. The lowest BCUT2D eigenvalue weighted by Gasteiger charge is -2.06. The second-order valence-corrected chi connectivity index (χ2v) is 4.87. The highest BCUT2D eigenvalue weighted by molar-refractivity contribution is 6.29. The minimum atomic E-state index is 0.439. The maximum absolute atomic E-state index is 5.73. The van der Waals surface area contributed by atoms with Crippen molar-refractivity contribution in [2.24, 2.45) is 0 Å². The molecule has 94 valence electrons. The summed E-state index contributed by atoms with van der Waals surface area (Å²) in [5, 5.41) is 11.0. The lowest BCUT2D eigenvalue weighted by molar-refractivity contribution is 0.863. The lowest BCUT2D eigenvalue weighted by atomic mass is 10.0. The number of halogens is 1. The van der Waals surface area contributed by atoms with Gasteiger partial charge in [0.25, 0.3) is 0 Å². The van der Waals surface area contributed by atoms with Crippen molar-refractivity contribution in [1.82, 2.24) is 10.2 Å². The van der Waals surface area contributed by atoms with Gasteiger partial charge in [-0.2, -0.15) is 5.10 Å². The SMILES string of the molecule is Clc1ccc(CCc2cccc3ccccc23)nn1. The van der Waals surface area contributed by atoms with Crippen LogP contribution >= 0.6 is 11.6 Å². The van der Waals surface area contributed by atoms with E-state index in [4.69, 9.17) is 11.6 Å². The van der Waals surface area contributed by atoms with E-state index in [0.717, 1.165) is 18.5 Å². The molecule has 0 unspecified atom stereocenters. The number of hydrogen-bond donors (Lipinski definition) is 0. The Hall–Kier alpha value is -1.93. The van der Waals surface area contributed by atoms with Crippen molar-refractivity contribution in [3.63, 3.8) is 0 Å². The van der Waals surface area contributed by atoms with Crippen LogP contribution in [0, 0.1) is 0 Å². The molecule has 0 aliphatic rings. The summed E-state index contributed by atoms with van der Waals surface area (Å²) in [6.45, 7) is 0. The molecule has 0 aliphatic carbocycles. The van der Waals surface area contributed by atoms with Gasteiger partial charge in [-0.1, -0.05) is 54.1 Å². The van der Waals surface area contributed by atoms with E-state index < -0.39 is 0 Å². The average molecular weight is 269 g/mol. The summed E-state index contributed by atoms with van der Waals surface area (Å²) in [6.07, 6.45) is 1.83. The van der Waals surface area contributed by atoms with Gasteiger partial charge in [0.1, 0.15) is 0 Å². The quantitative estimate of drug-likeness (QED) is 0.716. The molecular weight excluding hydrogens is 256 g/mol. The smallest absolute Gasteiger partial charge is 0.151 e. The van der Waals surface area contributed by atoms with E-state index in [2.05, 4.69) is 52.7 Å². The molecule has 0 aliphatic heterocycles. The summed E-state index contributed by atoms with van der Waals surface area (Å²) in [6, 6.07) is 18.6. The molecule has 1 aromatic heterocycles. The lowest BCUT2D eigenvalue weighted by Crippen LogP contribution is -1.96. The number of hydrogen-bond acceptors (Lipinski definition) is 2. The zero-order chi connectivity index (χ0) is 13.1. The number of rotatable bonds is 3. The molecule has 0 saturated heterocycles. The zero-order valence-corrected chi connectivity index (χ0v) is 11.1. The molecule has 2 aromatic carbocycles. The Bertz CT molecular complexity index is 687. The van der Waals surface area contributed by atoms with Gasteiger partial charge in [-0.25, -0.2) is 0 Å². The Balaban J connectivity index is 1.84. The first-order valence-electron chi connectivity index (χ1n) is 6.28. The highest BCUT2D eigenvalue weighted by Crippen LogP contribution is 2.19. The van der Waals surface area contributed by atoms with Gasteiger partial charge >= 0.3 is 0 Å². The summed E-state index contributed by atoms with van der Waals surface area (Å²) in [4.78, 5) is 0. The molecule has 3 aromatic rings. The van der Waals surface area contributed by atoms with Crippen molar-refractivity contribution in [3.8, 4) is 0 Å². The molecule has 2 nitrogen and oxygen atoms in total. The van der Waals surface area contributed by atoms with Crippen LogP contribution in [0.25, 0.3) is 10.8 Å². The van der Waals surface area contributed by atoms with Crippen LogP contribution in [0.4, 0.5) is 0 Å². The van der Waals surface area contributed by atoms with Crippen molar-refractivity contribution >= 4 is 22.4 Å². The normalized spacial score (nSPS) is 10.8. The van der Waals surface area contributed by atoms with Gasteiger partial charge in [0.2, 0.25) is 0 Å². The first-order chi connectivity index (χ1) is 9.33. The van der Waals surface area contributed by atoms with E-state index in [-0.39, 0.29) is 0 Å². The van der Waals surface area contributed by atoms with E-state index in [1.54, 1.807) is 6.07 Å². The van der Waals surface area contributed by atoms with Crippen LogP contribution in [0.5, 0.6) is 0 Å². The molecule has 0 amide bonds. The minimum absolute atomic E-state index is 0.439. The Morgan fingerprint density at radius 2 is 1.63 bits per heavy atom. The molecule has 3 rings (SSSR count). The van der Waals surface area contributed by atoms with Gasteiger partial charge in [0.15, 0.2) is 5.15 Å². The summed E-state index contributed by atoms with van der Waals surface area (Å²) in [7, 11) is 0. The third-order valence-electron chi connectivity index (χ3n) is 3.22. The molecule has 19 heavy (non-hydrogen) atoms. The fourth-order valence-electron chi connectivity index (χ4n) is 2.25. The van der Waals surface area contributed by atoms with E-state index in [9.17, 15) is 0 Å². The summed E-state index contributed by atoms with van der Waals surface area (Å²) >= 11 is 5.73. The molecule has 0 fully saturated rings. The molecule has 0 saturated carbocycles. The Morgan fingerprint density at radius 1 is 0.789 bits per heavy atom. The second kappa shape index (κ2) is 5.37. The monoisotopic (exact) mass is 268 g/mol. The van der Waals surface area contributed by atoms with E-state index >= 15 is 0 Å². The molecular formula is C16H13ClN2. The van der Waals surface area contributed by atoms with Crippen LogP contribution in [-0.2, 0) is 12.8 Å². The van der Waals surface area contributed by atoms with Crippen molar-refractivity contribution in [3.05, 3.63) is 71.0 Å². The zero-order valence-electron chi connectivity index (χ0n) is 10.4. The topological polar surface area (TPSA) is 25.8 Å². The molecule has 1 heterocycles. The maximum atomic E-state index is 5.73. The van der Waals surface area contributed by atoms with Gasteiger partial charge in [-0.05, 0) is 41.3 Å². The van der Waals surface area contributed by atoms with Crippen LogP contribution in [0.2, 0.25) is 5.15 Å². The maximum Gasteiger partial charge on any atom is 0.151 e. The Labute approximate surface area is 117 Å². The van der Waals surface area contributed by atoms with Gasteiger partial charge in [-0.15, -0.1) is 5.10 Å². The summed E-state index contributed by atoms with van der Waals surface area (Å²) in [5.74, 6) is 0. The average Bonchev–Trinajstić information content (AvgIpc) is 2.47. The first kappa shape index (κ1) is 12.1. The molecule has 0 spiro atoms. The van der Waals surface area contributed by atoms with Gasteiger partial charge < -0.3 is 0 Å². The Kier molecular flexibility index (Phi) is 3.43.